The van der Waals surface area contributed by atoms with Gasteiger partial charge in [0, 0.05) is 45.2 Å². The number of nitrogens with one attached hydrogen (secondary N) is 1. The van der Waals surface area contributed by atoms with Gasteiger partial charge in [0.05, 0.1) is 6.10 Å². The van der Waals surface area contributed by atoms with Crippen LogP contribution < -0.4 is 11.0 Å². The van der Waals surface area contributed by atoms with Crippen LogP contribution in [0.3, 0.4) is 0 Å². The van der Waals surface area contributed by atoms with E-state index in [2.05, 4.69) is 12.2 Å². The molecule has 0 amide bonds. The molecule has 0 aliphatic carbocycles. The molecule has 0 bridgehead atoms. The highest BCUT2D eigenvalue weighted by atomic mass is 16.5. The lowest BCUT2D eigenvalue weighted by atomic mass is 10.2. The Morgan fingerprint density at radius 3 is 2.83 bits per heavy atom. The predicted molar refractivity (Wildman–Crippen MR) is 70.8 cm³/mol. The molecule has 0 radical (unpaired) electrons. The Hall–Kier alpha value is -1.07. The van der Waals surface area contributed by atoms with E-state index in [1.165, 1.54) is 6.42 Å². The van der Waals surface area contributed by atoms with Crippen molar-refractivity contribution in [3.8, 4) is 0 Å². The van der Waals surface area contributed by atoms with Crippen molar-refractivity contribution < 1.29 is 4.74 Å². The van der Waals surface area contributed by atoms with Crippen molar-refractivity contribution in [1.29, 1.82) is 0 Å². The Kier molecular flexibility index (Phi) is 5.01. The van der Waals surface area contributed by atoms with E-state index in [1.54, 1.807) is 9.13 Å². The molecule has 1 aromatic heterocycles. The average molecular weight is 253 g/mol. The maximum Gasteiger partial charge on any atom is 0.328 e. The summed E-state index contributed by atoms with van der Waals surface area (Å²) in [6.45, 7) is 6.20. The Morgan fingerprint density at radius 2 is 2.17 bits per heavy atom. The van der Waals surface area contributed by atoms with Crippen LogP contribution >= 0.6 is 0 Å². The average Bonchev–Trinajstić information content (AvgIpc) is 2.98. The summed E-state index contributed by atoms with van der Waals surface area (Å²) in [5.41, 5.74) is 0.0933. The van der Waals surface area contributed by atoms with Crippen molar-refractivity contribution in [2.24, 2.45) is 0 Å². The fourth-order valence-corrected chi connectivity index (χ4v) is 2.30. The van der Waals surface area contributed by atoms with E-state index in [0.29, 0.717) is 6.10 Å². The minimum absolute atomic E-state index is 0.0933. The molecule has 1 aliphatic heterocycles. The summed E-state index contributed by atoms with van der Waals surface area (Å²) >= 11 is 0. The Bertz CT molecular complexity index is 405. The minimum atomic E-state index is 0.0933. The Labute approximate surface area is 108 Å². The van der Waals surface area contributed by atoms with Gasteiger partial charge in [-0.2, -0.15) is 0 Å². The summed E-state index contributed by atoms with van der Waals surface area (Å²) in [7, 11) is 0. The lowest BCUT2D eigenvalue weighted by Gasteiger charge is -2.10. The van der Waals surface area contributed by atoms with Gasteiger partial charge in [-0.05, 0) is 19.3 Å². The first-order chi connectivity index (χ1) is 8.81. The molecule has 1 atom stereocenters. The van der Waals surface area contributed by atoms with Crippen molar-refractivity contribution in [2.45, 2.75) is 45.4 Å². The maximum absolute atomic E-state index is 11.9. The van der Waals surface area contributed by atoms with Gasteiger partial charge in [-0.1, -0.05) is 6.92 Å². The van der Waals surface area contributed by atoms with Crippen LogP contribution in [0.5, 0.6) is 0 Å². The summed E-state index contributed by atoms with van der Waals surface area (Å²) < 4.78 is 9.06. The molecule has 0 spiro atoms. The molecular formula is C13H23N3O2. The standard InChI is InChI=1S/C13H23N3O2/c1-2-6-15-8-9-16(13(15)17)7-5-14-11-12-4-3-10-18-12/h8-9,12,14H,2-7,10-11H2,1H3. The zero-order valence-corrected chi connectivity index (χ0v) is 11.1. The SMILES string of the molecule is CCCn1ccn(CCNCC2CCCO2)c1=O. The number of hydrogen-bond acceptors (Lipinski definition) is 3. The van der Waals surface area contributed by atoms with E-state index < -0.39 is 0 Å². The highest BCUT2D eigenvalue weighted by Gasteiger charge is 2.14. The van der Waals surface area contributed by atoms with Gasteiger partial charge in [0.25, 0.3) is 0 Å². The molecule has 1 N–H and O–H groups in total. The molecule has 1 saturated heterocycles. The zero-order valence-electron chi connectivity index (χ0n) is 11.1. The van der Waals surface area contributed by atoms with Crippen molar-refractivity contribution in [1.82, 2.24) is 14.5 Å². The van der Waals surface area contributed by atoms with E-state index in [-0.39, 0.29) is 5.69 Å². The van der Waals surface area contributed by atoms with Gasteiger partial charge in [-0.3, -0.25) is 9.13 Å². The third-order valence-electron chi connectivity index (χ3n) is 3.31. The van der Waals surface area contributed by atoms with E-state index in [9.17, 15) is 4.79 Å². The highest BCUT2D eigenvalue weighted by Crippen LogP contribution is 2.10. The van der Waals surface area contributed by atoms with E-state index in [4.69, 9.17) is 4.74 Å². The number of aryl methyl sites for hydroxylation is 1. The van der Waals surface area contributed by atoms with Crippen LogP contribution in [0.2, 0.25) is 0 Å². The first kappa shape index (κ1) is 13.4. The molecule has 0 aromatic carbocycles. The highest BCUT2D eigenvalue weighted by molar-refractivity contribution is 4.81. The van der Waals surface area contributed by atoms with Gasteiger partial charge in [0.1, 0.15) is 0 Å². The van der Waals surface area contributed by atoms with E-state index in [0.717, 1.165) is 45.6 Å². The normalized spacial score (nSPS) is 19.5. The number of ether oxygens (including phenoxy) is 1. The lowest BCUT2D eigenvalue weighted by molar-refractivity contribution is 0.110. The third kappa shape index (κ3) is 3.46. The zero-order chi connectivity index (χ0) is 12.8. The molecule has 18 heavy (non-hydrogen) atoms. The third-order valence-corrected chi connectivity index (χ3v) is 3.31. The predicted octanol–water partition coefficient (Wildman–Crippen LogP) is 0.828. The van der Waals surface area contributed by atoms with Crippen molar-refractivity contribution >= 4 is 0 Å². The van der Waals surface area contributed by atoms with Crippen LogP contribution in [-0.2, 0) is 17.8 Å². The van der Waals surface area contributed by atoms with Crippen LogP contribution in [0.25, 0.3) is 0 Å². The molecule has 1 aliphatic rings. The maximum atomic E-state index is 11.9. The summed E-state index contributed by atoms with van der Waals surface area (Å²) in [6.07, 6.45) is 7.41. The topological polar surface area (TPSA) is 48.2 Å². The van der Waals surface area contributed by atoms with Crippen LogP contribution in [0.4, 0.5) is 0 Å². The van der Waals surface area contributed by atoms with Crippen LogP contribution in [0, 0.1) is 0 Å². The Morgan fingerprint density at radius 1 is 1.39 bits per heavy atom. The second kappa shape index (κ2) is 6.75. The van der Waals surface area contributed by atoms with Gasteiger partial charge in [-0.15, -0.1) is 0 Å². The van der Waals surface area contributed by atoms with Gasteiger partial charge in [-0.25, -0.2) is 4.79 Å². The monoisotopic (exact) mass is 253 g/mol. The molecule has 0 saturated carbocycles. The fraction of sp³-hybridized carbons (Fsp3) is 0.769. The molecule has 2 heterocycles. The van der Waals surface area contributed by atoms with E-state index in [1.807, 2.05) is 12.4 Å². The summed E-state index contributed by atoms with van der Waals surface area (Å²) in [6, 6.07) is 0. The second-order valence-corrected chi connectivity index (χ2v) is 4.81. The smallest absolute Gasteiger partial charge is 0.328 e. The molecule has 1 fully saturated rings. The molecule has 1 aromatic rings. The fourth-order valence-electron chi connectivity index (χ4n) is 2.30. The second-order valence-electron chi connectivity index (χ2n) is 4.81. The van der Waals surface area contributed by atoms with Crippen molar-refractivity contribution in [3.05, 3.63) is 22.9 Å². The summed E-state index contributed by atoms with van der Waals surface area (Å²) in [4.78, 5) is 11.9. The van der Waals surface area contributed by atoms with Gasteiger partial charge in [0.2, 0.25) is 0 Å². The molecule has 5 nitrogen and oxygen atoms in total. The van der Waals surface area contributed by atoms with Crippen molar-refractivity contribution in [3.63, 3.8) is 0 Å². The molecule has 102 valence electrons. The van der Waals surface area contributed by atoms with Crippen LogP contribution in [0.15, 0.2) is 17.2 Å². The Balaban J connectivity index is 1.71. The number of nitrogens with zero attached hydrogens (tertiary/aromatic N) is 2. The van der Waals surface area contributed by atoms with Crippen LogP contribution in [-0.4, -0.2) is 34.9 Å². The van der Waals surface area contributed by atoms with Gasteiger partial charge < -0.3 is 10.1 Å². The minimum Gasteiger partial charge on any atom is -0.377 e. The number of hydrogen-bond donors (Lipinski definition) is 1. The number of imidazole rings is 1. The number of aromatic nitrogens is 2. The van der Waals surface area contributed by atoms with Gasteiger partial charge >= 0.3 is 5.69 Å². The summed E-state index contributed by atoms with van der Waals surface area (Å²) in [5, 5.41) is 3.35. The first-order valence-electron chi connectivity index (χ1n) is 6.89. The molecular weight excluding hydrogens is 230 g/mol. The van der Waals surface area contributed by atoms with E-state index >= 15 is 0 Å². The van der Waals surface area contributed by atoms with Crippen molar-refractivity contribution in [2.75, 3.05) is 19.7 Å². The summed E-state index contributed by atoms with van der Waals surface area (Å²) in [5.74, 6) is 0. The lowest BCUT2D eigenvalue weighted by Crippen LogP contribution is -2.32. The van der Waals surface area contributed by atoms with Gasteiger partial charge in [0.15, 0.2) is 0 Å². The number of rotatable bonds is 7. The molecule has 2 rings (SSSR count). The molecule has 5 heteroatoms. The quantitative estimate of drug-likeness (QED) is 0.732. The molecule has 1 unspecified atom stereocenters. The largest absolute Gasteiger partial charge is 0.377 e. The van der Waals surface area contributed by atoms with Crippen LogP contribution in [0.1, 0.15) is 26.2 Å². The first-order valence-corrected chi connectivity index (χ1v) is 6.89.